The van der Waals surface area contributed by atoms with Gasteiger partial charge in [0.1, 0.15) is 11.6 Å². The first-order valence-corrected chi connectivity index (χ1v) is 4.93. The normalized spacial score (nSPS) is 15.7. The van der Waals surface area contributed by atoms with E-state index in [0.717, 1.165) is 0 Å². The Bertz CT molecular complexity index is 215. The van der Waals surface area contributed by atoms with Crippen LogP contribution in [0.3, 0.4) is 0 Å². The van der Waals surface area contributed by atoms with Gasteiger partial charge in [0, 0.05) is 0 Å². The first-order valence-electron chi connectivity index (χ1n) is 2.80. The fourth-order valence-electron chi connectivity index (χ4n) is 0.351. The Kier molecular flexibility index (Phi) is 4.02. The first kappa shape index (κ1) is 15.9. The van der Waals surface area contributed by atoms with Gasteiger partial charge in [0.15, 0.2) is 0 Å². The fraction of sp³-hybridized carbons (Fsp3) is 0.600. The molecule has 0 unspecified atom stereocenters. The molecule has 0 heterocycles. The molecule has 93 valence electrons. The van der Waals surface area contributed by atoms with Gasteiger partial charge in [0.25, 0.3) is 0 Å². The quantitative estimate of drug-likeness (QED) is 0.442. The molecule has 0 aliphatic rings. The van der Waals surface area contributed by atoms with Crippen LogP contribution in [0.15, 0.2) is 0 Å². The number of hydrogen-bond donors (Lipinski definition) is 0. The fourth-order valence-corrected chi connectivity index (χ4v) is 0.351. The van der Waals surface area contributed by atoms with Gasteiger partial charge >= 0.3 is 34.8 Å². The van der Waals surface area contributed by atoms with Crippen molar-refractivity contribution >= 4 is 11.6 Å². The zero-order valence-corrected chi connectivity index (χ0v) is 8.03. The molecule has 9 heteroatoms. The van der Waals surface area contributed by atoms with E-state index in [1.54, 1.807) is 0 Å². The van der Waals surface area contributed by atoms with Gasteiger partial charge < -0.3 is 0 Å². The number of rotatable bonds is 2. The van der Waals surface area contributed by atoms with E-state index in [4.69, 9.17) is 0 Å². The summed E-state index contributed by atoms with van der Waals surface area (Å²) in [4.78, 5) is 20.1. The second-order valence-electron chi connectivity index (χ2n) is 2.23. The molecule has 14 heavy (non-hydrogen) atoms. The SMILES string of the molecule is CC(=O)CC(C)=O.[F][Cu]([F])([F])([F])([F])[F]. The van der Waals surface area contributed by atoms with Gasteiger partial charge in [-0.05, 0) is 13.8 Å². The van der Waals surface area contributed by atoms with Crippen LogP contribution in [0.4, 0.5) is 21.3 Å². The first-order chi connectivity index (χ1) is 5.58. The summed E-state index contributed by atoms with van der Waals surface area (Å²) in [5.41, 5.74) is 0. The van der Waals surface area contributed by atoms with Crippen LogP contribution in [0.5, 0.6) is 0 Å². The maximum absolute atomic E-state index is 10.4. The van der Waals surface area contributed by atoms with Crippen LogP contribution in [0.1, 0.15) is 20.3 Å². The predicted octanol–water partition coefficient (Wildman–Crippen LogP) is 3.07. The van der Waals surface area contributed by atoms with Crippen molar-refractivity contribution in [2.75, 3.05) is 0 Å². The minimum atomic E-state index is -10.4. The van der Waals surface area contributed by atoms with Gasteiger partial charge in [-0.2, -0.15) is 0 Å². The molecule has 0 rings (SSSR count). The molecule has 0 atom stereocenters. The van der Waals surface area contributed by atoms with Crippen molar-refractivity contribution in [2.45, 2.75) is 20.3 Å². The van der Waals surface area contributed by atoms with E-state index in [1.807, 2.05) is 0 Å². The van der Waals surface area contributed by atoms with Crippen LogP contribution in [-0.4, -0.2) is 11.6 Å². The van der Waals surface area contributed by atoms with Crippen LogP contribution in [0.25, 0.3) is 0 Å². The van der Waals surface area contributed by atoms with E-state index in [9.17, 15) is 30.9 Å². The molecule has 0 aromatic carbocycles. The third-order valence-electron chi connectivity index (χ3n) is 0.498. The summed E-state index contributed by atoms with van der Waals surface area (Å²) in [6.45, 7) is 2.81. The van der Waals surface area contributed by atoms with E-state index in [2.05, 4.69) is 0 Å². The molecule has 0 aliphatic heterocycles. The molecule has 0 aliphatic carbocycles. The number of carbonyl (C=O) groups excluding carboxylic acids is 2. The third kappa shape index (κ3) is 105. The second-order valence-corrected chi connectivity index (χ2v) is 4.24. The van der Waals surface area contributed by atoms with Gasteiger partial charge in [0.2, 0.25) is 0 Å². The Labute approximate surface area is 77.0 Å². The van der Waals surface area contributed by atoms with Crippen molar-refractivity contribution in [1.82, 2.24) is 0 Å². The zero-order valence-electron chi connectivity index (χ0n) is 7.09. The zero-order chi connectivity index (χ0) is 12.3. The summed E-state index contributed by atoms with van der Waals surface area (Å²) >= 11 is -10.4. The monoisotopic (exact) mass is 277 g/mol. The van der Waals surface area contributed by atoms with E-state index in [1.165, 1.54) is 13.8 Å². The summed E-state index contributed by atoms with van der Waals surface area (Å²) in [5.74, 6) is -0.125. The molecule has 0 amide bonds. The van der Waals surface area contributed by atoms with Crippen LogP contribution in [-0.2, 0) is 23.0 Å². The molecule has 0 aromatic heterocycles. The van der Waals surface area contributed by atoms with E-state index in [0.29, 0.717) is 0 Å². The molecule has 2 nitrogen and oxygen atoms in total. The summed E-state index contributed by atoms with van der Waals surface area (Å²) < 4.78 is 59.1. The third-order valence-corrected chi connectivity index (χ3v) is 0.498. The van der Waals surface area contributed by atoms with E-state index < -0.39 is 13.5 Å². The number of Topliss-reactive ketones (excluding diaryl/α,β-unsaturated/α-hetero) is 2. The average molecular weight is 278 g/mol. The van der Waals surface area contributed by atoms with Crippen molar-refractivity contribution in [1.29, 1.82) is 0 Å². The van der Waals surface area contributed by atoms with Gasteiger partial charge in [-0.15, -0.1) is 0 Å². The van der Waals surface area contributed by atoms with Gasteiger partial charge in [-0.25, -0.2) is 0 Å². The molecule has 0 N–H and O–H groups in total. The number of ketones is 2. The summed E-state index contributed by atoms with van der Waals surface area (Å²) in [6, 6.07) is 0. The molecule has 0 spiro atoms. The molecule has 0 radical (unpaired) electrons. The Morgan fingerprint density at radius 1 is 0.857 bits per heavy atom. The summed E-state index contributed by atoms with van der Waals surface area (Å²) in [7, 11) is 0. The molecule has 0 bridgehead atoms. The Morgan fingerprint density at radius 2 is 1.00 bits per heavy atom. The summed E-state index contributed by atoms with van der Waals surface area (Å²) in [5, 5.41) is 0. The predicted molar refractivity (Wildman–Crippen MR) is 32.6 cm³/mol. The van der Waals surface area contributed by atoms with Gasteiger partial charge in [-0.1, -0.05) is 0 Å². The topological polar surface area (TPSA) is 34.1 Å². The van der Waals surface area contributed by atoms with Crippen molar-refractivity contribution in [3.63, 3.8) is 0 Å². The van der Waals surface area contributed by atoms with E-state index >= 15 is 0 Å². The standard InChI is InChI=1S/C5H8O2.Cu.6FH/c1-4(6)3-5(2)7;;;;;;;/h3H2,1-2H3;;6*1H/q;+6;;;;;;/p-6. The van der Waals surface area contributed by atoms with E-state index in [-0.39, 0.29) is 18.0 Å². The average Bonchev–Trinajstić information content (AvgIpc) is 1.46. The second kappa shape index (κ2) is 3.54. The van der Waals surface area contributed by atoms with Crippen LogP contribution >= 0.6 is 0 Å². The number of halogens is 6. The molecular weight excluding hydrogens is 270 g/mol. The Morgan fingerprint density at radius 3 is 1.00 bits per heavy atom. The molecule has 0 saturated heterocycles. The van der Waals surface area contributed by atoms with Crippen molar-refractivity contribution in [2.24, 2.45) is 0 Å². The Balaban J connectivity index is 0. The van der Waals surface area contributed by atoms with Crippen molar-refractivity contribution in [3.8, 4) is 0 Å². The van der Waals surface area contributed by atoms with Crippen LogP contribution < -0.4 is 0 Å². The van der Waals surface area contributed by atoms with Crippen LogP contribution in [0.2, 0.25) is 0 Å². The van der Waals surface area contributed by atoms with Gasteiger partial charge in [-0.3, -0.25) is 9.59 Å². The molecule has 0 fully saturated rings. The molecular formula is C5H8CuF6O2. The van der Waals surface area contributed by atoms with Crippen LogP contribution in [0, 0.1) is 0 Å². The summed E-state index contributed by atoms with van der Waals surface area (Å²) in [6.07, 6.45) is 0.0833. The number of carbonyl (C=O) groups is 2. The Hall–Kier alpha value is -0.561. The minimum absolute atomic E-state index is 0.0625. The molecule has 0 aromatic rings. The van der Waals surface area contributed by atoms with Crippen molar-refractivity contribution in [3.05, 3.63) is 0 Å². The van der Waals surface area contributed by atoms with Gasteiger partial charge in [0.05, 0.1) is 6.42 Å². The van der Waals surface area contributed by atoms with Crippen molar-refractivity contribution < 1.29 is 44.4 Å². The number of hydrogen-bond acceptors (Lipinski definition) is 2. The molecule has 0 saturated carbocycles. The maximum atomic E-state index is 10.0.